The van der Waals surface area contributed by atoms with Gasteiger partial charge in [0.2, 0.25) is 0 Å². The summed E-state index contributed by atoms with van der Waals surface area (Å²) in [5, 5.41) is 10.7. The van der Waals surface area contributed by atoms with Gasteiger partial charge >= 0.3 is 5.97 Å². The SMILES string of the molecule is CCC1CC(C(=O)O)SC(=NC2CCC(Cl)CC2)N1CCC12CC3CC4CC31C4C2. The number of carbonyl (C=O) groups is 1. The third-order valence-electron chi connectivity index (χ3n) is 10.3. The summed E-state index contributed by atoms with van der Waals surface area (Å²) < 4.78 is 0. The lowest BCUT2D eigenvalue weighted by molar-refractivity contribution is -0.305. The first-order chi connectivity index (χ1) is 14.5. The second-order valence-electron chi connectivity index (χ2n) is 11.2. The van der Waals surface area contributed by atoms with E-state index in [9.17, 15) is 9.90 Å². The summed E-state index contributed by atoms with van der Waals surface area (Å²) in [5.74, 6) is 2.52. The van der Waals surface area contributed by atoms with Crippen molar-refractivity contribution in [2.75, 3.05) is 6.54 Å². The van der Waals surface area contributed by atoms with E-state index in [1.54, 1.807) is 0 Å². The fourth-order valence-corrected chi connectivity index (χ4v) is 10.3. The topological polar surface area (TPSA) is 52.9 Å². The Morgan fingerprint density at radius 1 is 1.23 bits per heavy atom. The molecule has 4 nitrogen and oxygen atoms in total. The lowest BCUT2D eigenvalue weighted by Crippen LogP contribution is -2.73. The van der Waals surface area contributed by atoms with E-state index in [-0.39, 0.29) is 5.25 Å². The first-order valence-electron chi connectivity index (χ1n) is 12.3. The number of carboxylic acid groups (broad SMARTS) is 1. The maximum atomic E-state index is 11.8. The molecule has 166 valence electrons. The summed E-state index contributed by atoms with van der Waals surface area (Å²) in [6, 6.07) is 0.629. The highest BCUT2D eigenvalue weighted by Crippen LogP contribution is 2.92. The van der Waals surface area contributed by atoms with Crippen molar-refractivity contribution in [3.63, 3.8) is 0 Å². The summed E-state index contributed by atoms with van der Waals surface area (Å²) in [6.45, 7) is 3.29. The van der Waals surface area contributed by atoms with Crippen LogP contribution in [0, 0.1) is 28.6 Å². The highest BCUT2D eigenvalue weighted by atomic mass is 35.5. The van der Waals surface area contributed by atoms with Crippen LogP contribution in [0.3, 0.4) is 0 Å². The highest BCUT2D eigenvalue weighted by molar-refractivity contribution is 8.14. The van der Waals surface area contributed by atoms with E-state index < -0.39 is 5.97 Å². The molecule has 0 aromatic rings. The van der Waals surface area contributed by atoms with E-state index in [2.05, 4.69) is 11.8 Å². The Morgan fingerprint density at radius 3 is 2.70 bits per heavy atom. The van der Waals surface area contributed by atoms with Crippen LogP contribution in [0.1, 0.15) is 77.6 Å². The van der Waals surface area contributed by atoms with Crippen molar-refractivity contribution in [3.05, 3.63) is 0 Å². The summed E-state index contributed by atoms with van der Waals surface area (Å²) in [4.78, 5) is 19.6. The number of amidine groups is 1. The summed E-state index contributed by atoms with van der Waals surface area (Å²) >= 11 is 7.83. The Morgan fingerprint density at radius 2 is 2.03 bits per heavy atom. The molecule has 0 aromatic heterocycles. The number of aliphatic carboxylic acids is 1. The first kappa shape index (κ1) is 20.2. The van der Waals surface area contributed by atoms with Gasteiger partial charge in [0.1, 0.15) is 5.25 Å². The van der Waals surface area contributed by atoms with Gasteiger partial charge in [-0.25, -0.2) is 0 Å². The van der Waals surface area contributed by atoms with Crippen LogP contribution in [0.2, 0.25) is 0 Å². The van der Waals surface area contributed by atoms with E-state index in [4.69, 9.17) is 16.6 Å². The van der Waals surface area contributed by atoms with Crippen LogP contribution in [0.4, 0.5) is 0 Å². The summed E-state index contributed by atoms with van der Waals surface area (Å²) in [7, 11) is 0. The number of nitrogens with zero attached hydrogens (tertiary/aromatic N) is 2. The average Bonchev–Trinajstić information content (AvgIpc) is 3.09. The fraction of sp³-hybridized carbons (Fsp3) is 0.917. The number of hydrogen-bond donors (Lipinski definition) is 1. The molecule has 0 radical (unpaired) electrons. The molecule has 7 fully saturated rings. The number of alkyl halides is 1. The predicted octanol–water partition coefficient (Wildman–Crippen LogP) is 5.39. The van der Waals surface area contributed by atoms with E-state index >= 15 is 0 Å². The molecule has 0 aromatic carbocycles. The molecule has 7 rings (SSSR count). The Balaban J connectivity index is 1.20. The van der Waals surface area contributed by atoms with Gasteiger partial charge in [-0.2, -0.15) is 0 Å². The molecule has 6 aliphatic carbocycles. The van der Waals surface area contributed by atoms with Crippen LogP contribution >= 0.6 is 23.4 Å². The van der Waals surface area contributed by atoms with Crippen molar-refractivity contribution in [2.24, 2.45) is 33.6 Å². The van der Waals surface area contributed by atoms with Crippen molar-refractivity contribution in [1.82, 2.24) is 4.90 Å². The molecule has 1 saturated heterocycles. The zero-order valence-corrected chi connectivity index (χ0v) is 19.6. The maximum absolute atomic E-state index is 11.8. The van der Waals surface area contributed by atoms with Crippen molar-refractivity contribution in [2.45, 2.75) is 100 Å². The molecule has 1 spiro atoms. The largest absolute Gasteiger partial charge is 0.480 e. The Kier molecular flexibility index (Phi) is 4.74. The normalized spacial score (nSPS) is 52.3. The standard InChI is InChI=1S/C24H35ClN2O2S/c1-2-18-10-20(21(28)29)30-22(26-17-5-3-16(25)4-6-17)27(18)8-7-23-12-15-9-14-11-24(15,23)19(14)13-23/h14-20H,2-13H2,1H3,(H,28,29). The Hall–Kier alpha value is -0.420. The van der Waals surface area contributed by atoms with Gasteiger partial charge in [-0.1, -0.05) is 18.7 Å². The third-order valence-corrected chi connectivity index (χ3v) is 12.0. The molecule has 7 unspecified atom stereocenters. The van der Waals surface area contributed by atoms with E-state index in [1.807, 2.05) is 0 Å². The minimum atomic E-state index is -0.678. The van der Waals surface area contributed by atoms with Gasteiger partial charge in [0.25, 0.3) is 0 Å². The van der Waals surface area contributed by atoms with Crippen molar-refractivity contribution < 1.29 is 9.90 Å². The van der Waals surface area contributed by atoms with Crippen LogP contribution < -0.4 is 0 Å². The summed E-state index contributed by atoms with van der Waals surface area (Å²) in [5.41, 5.74) is 1.38. The molecule has 1 N–H and O–H groups in total. The minimum Gasteiger partial charge on any atom is -0.480 e. The molecule has 6 saturated carbocycles. The molecule has 0 amide bonds. The molecule has 7 atom stereocenters. The number of thioether (sulfide) groups is 1. The van der Waals surface area contributed by atoms with Gasteiger partial charge in [0.15, 0.2) is 5.17 Å². The Labute approximate surface area is 189 Å². The number of rotatable bonds is 6. The third kappa shape index (κ3) is 2.66. The lowest BCUT2D eigenvalue weighted by Gasteiger charge is -2.79. The minimum absolute atomic E-state index is 0.293. The molecular weight excluding hydrogens is 416 g/mol. The number of hydrogen-bond acceptors (Lipinski definition) is 3. The number of carboxylic acids is 1. The van der Waals surface area contributed by atoms with Crippen molar-refractivity contribution in [3.8, 4) is 0 Å². The van der Waals surface area contributed by atoms with Gasteiger partial charge < -0.3 is 10.0 Å². The van der Waals surface area contributed by atoms with E-state index in [0.717, 1.165) is 73.4 Å². The lowest BCUT2D eigenvalue weighted by atomic mass is 9.25. The molecule has 30 heavy (non-hydrogen) atoms. The quantitative estimate of drug-likeness (QED) is 0.551. The highest BCUT2D eigenvalue weighted by Gasteiger charge is 2.85. The van der Waals surface area contributed by atoms with Crippen LogP contribution in [-0.2, 0) is 4.79 Å². The van der Waals surface area contributed by atoms with Crippen molar-refractivity contribution in [1.29, 1.82) is 0 Å². The van der Waals surface area contributed by atoms with Gasteiger partial charge in [-0.15, -0.1) is 11.6 Å². The van der Waals surface area contributed by atoms with E-state index in [1.165, 1.54) is 43.9 Å². The summed E-state index contributed by atoms with van der Waals surface area (Å²) in [6.07, 6.45) is 13.2. The Bertz CT molecular complexity index is 756. The first-order valence-corrected chi connectivity index (χ1v) is 13.7. The predicted molar refractivity (Wildman–Crippen MR) is 122 cm³/mol. The van der Waals surface area contributed by atoms with Crippen LogP contribution in [0.25, 0.3) is 0 Å². The molecule has 7 aliphatic rings. The molecular formula is C24H35ClN2O2S. The van der Waals surface area contributed by atoms with Gasteiger partial charge in [0.05, 0.1) is 6.04 Å². The van der Waals surface area contributed by atoms with Crippen LogP contribution in [-0.4, -0.2) is 50.4 Å². The van der Waals surface area contributed by atoms with Crippen LogP contribution in [0.5, 0.6) is 0 Å². The molecule has 2 bridgehead atoms. The van der Waals surface area contributed by atoms with Crippen molar-refractivity contribution >= 4 is 34.5 Å². The smallest absolute Gasteiger partial charge is 0.317 e. The second-order valence-corrected chi connectivity index (χ2v) is 13.0. The average molecular weight is 451 g/mol. The maximum Gasteiger partial charge on any atom is 0.317 e. The van der Waals surface area contributed by atoms with Gasteiger partial charge in [-0.05, 0) is 99.2 Å². The van der Waals surface area contributed by atoms with Gasteiger partial charge in [-0.3, -0.25) is 9.79 Å². The monoisotopic (exact) mass is 450 g/mol. The van der Waals surface area contributed by atoms with E-state index in [0.29, 0.717) is 22.9 Å². The molecule has 1 heterocycles. The second kappa shape index (κ2) is 7.04. The molecule has 6 heteroatoms. The number of halogens is 1. The number of aliphatic imine (C=N–C) groups is 1. The van der Waals surface area contributed by atoms with Gasteiger partial charge in [0, 0.05) is 18.0 Å². The fourth-order valence-electron chi connectivity index (χ4n) is 8.82. The molecule has 1 aliphatic heterocycles. The van der Waals surface area contributed by atoms with Crippen LogP contribution in [0.15, 0.2) is 4.99 Å². The zero-order chi connectivity index (χ0) is 20.7. The zero-order valence-electron chi connectivity index (χ0n) is 18.1.